The van der Waals surface area contributed by atoms with Crippen molar-refractivity contribution in [2.45, 2.75) is 29.4 Å². The van der Waals surface area contributed by atoms with Crippen molar-refractivity contribution in [2.75, 3.05) is 41.8 Å². The number of anilines is 5. The molecule has 13 nitrogen and oxygen atoms in total. The number of thiol groups is 6. The molecule has 0 unspecified atom stereocenters. The van der Waals surface area contributed by atoms with Gasteiger partial charge in [0.25, 0.3) is 0 Å². The third-order valence-corrected chi connectivity index (χ3v) is 14.9. The molecule has 74 heavy (non-hydrogen) atoms. The van der Waals surface area contributed by atoms with Crippen LogP contribution in [0, 0.1) is 0 Å². The molecule has 1 fully saturated rings. The Balaban J connectivity index is 0.735. The number of hydrogen-bond donors (Lipinski definition) is 8. The number of benzene rings is 8. The highest BCUT2D eigenvalue weighted by Crippen LogP contribution is 2.33. The molecular weight excluding hydrogens is 1040 g/mol. The Morgan fingerprint density at radius 2 is 0.824 bits per heavy atom. The lowest BCUT2D eigenvalue weighted by Crippen LogP contribution is -2.37. The predicted molar refractivity (Wildman–Crippen MR) is 316 cm³/mol. The zero-order valence-corrected chi connectivity index (χ0v) is 44.3. The summed E-state index contributed by atoms with van der Waals surface area (Å²) in [6.07, 6.45) is 8.05. The van der Waals surface area contributed by atoms with E-state index in [2.05, 4.69) is 40.8 Å². The molecule has 12 rings (SSSR count). The summed E-state index contributed by atoms with van der Waals surface area (Å²) >= 11 is 28.8. The van der Waals surface area contributed by atoms with Crippen LogP contribution in [-0.2, 0) is 4.74 Å². The van der Waals surface area contributed by atoms with Crippen LogP contribution >= 0.6 is 75.8 Å². The summed E-state index contributed by atoms with van der Waals surface area (Å²) in [5.41, 5.74) is 10.00. The highest BCUT2D eigenvalue weighted by Gasteiger charge is 2.19. The van der Waals surface area contributed by atoms with Gasteiger partial charge in [0.15, 0.2) is 0 Å². The second-order valence-corrected chi connectivity index (χ2v) is 20.3. The maximum Gasteiger partial charge on any atom is 0.233 e. The molecular formula is C55H42N12OS6. The lowest BCUT2D eigenvalue weighted by molar-refractivity contribution is 0.122. The molecule has 0 bridgehead atoms. The van der Waals surface area contributed by atoms with Crippen LogP contribution in [0.25, 0.3) is 79.3 Å². The van der Waals surface area contributed by atoms with Crippen LogP contribution < -0.4 is 15.5 Å². The maximum atomic E-state index is 5.63. The van der Waals surface area contributed by atoms with Crippen molar-refractivity contribution >= 4 is 173 Å². The first kappa shape index (κ1) is 48.0. The summed E-state index contributed by atoms with van der Waals surface area (Å²) in [6.45, 7) is 2.45. The van der Waals surface area contributed by atoms with E-state index in [1.165, 1.54) is 0 Å². The van der Waals surface area contributed by atoms with E-state index < -0.39 is 0 Å². The SMILES string of the molecule is Sc1cc(Nc2nc(Nc3ccc(C=Cc4ccc(-n5nc6cc(S)c7ccccc7c6n5)cc4S)c(S)c3)nc(N3CCOCC3)n2)ccc1C=Cc1ccc(-n2nc3cc(S)c4ccccc4c3n2)cc1S. The molecule has 3 aromatic heterocycles. The van der Waals surface area contributed by atoms with Crippen molar-refractivity contribution in [3.63, 3.8) is 0 Å². The van der Waals surface area contributed by atoms with Crippen LogP contribution in [0.2, 0.25) is 0 Å². The number of fused-ring (bicyclic) bond motifs is 6. The van der Waals surface area contributed by atoms with Gasteiger partial charge in [0.1, 0.15) is 22.1 Å². The molecule has 1 saturated heterocycles. The first-order valence-corrected chi connectivity index (χ1v) is 26.0. The minimum atomic E-state index is 0.370. The van der Waals surface area contributed by atoms with Gasteiger partial charge in [0.05, 0.1) is 24.6 Å². The molecule has 8 aromatic carbocycles. The van der Waals surface area contributed by atoms with Gasteiger partial charge in [0, 0.05) is 64.6 Å². The summed E-state index contributed by atoms with van der Waals surface area (Å²) in [5.74, 6) is 1.27. The van der Waals surface area contributed by atoms with E-state index in [1.54, 1.807) is 9.59 Å². The lowest BCUT2D eigenvalue weighted by atomic mass is 10.1. The lowest BCUT2D eigenvalue weighted by Gasteiger charge is -2.27. The van der Waals surface area contributed by atoms with E-state index in [1.807, 2.05) is 158 Å². The van der Waals surface area contributed by atoms with E-state index in [-0.39, 0.29) is 0 Å². The second-order valence-electron chi connectivity index (χ2n) is 17.4. The highest BCUT2D eigenvalue weighted by atomic mass is 32.1. The number of hydrogen-bond acceptors (Lipinski definition) is 17. The van der Waals surface area contributed by atoms with E-state index >= 15 is 0 Å². The number of aromatic nitrogens is 9. The third-order valence-electron chi connectivity index (χ3n) is 12.6. The van der Waals surface area contributed by atoms with Gasteiger partial charge in [-0.15, -0.1) is 96.2 Å². The van der Waals surface area contributed by atoms with Crippen molar-refractivity contribution in [3.8, 4) is 11.4 Å². The second kappa shape index (κ2) is 20.4. The molecule has 0 radical (unpaired) electrons. The van der Waals surface area contributed by atoms with Crippen molar-refractivity contribution in [2.24, 2.45) is 0 Å². The Bertz CT molecular complexity index is 3830. The van der Waals surface area contributed by atoms with Gasteiger partial charge in [-0.25, -0.2) is 0 Å². The van der Waals surface area contributed by atoms with Crippen molar-refractivity contribution < 1.29 is 4.74 Å². The fourth-order valence-corrected chi connectivity index (χ4v) is 10.6. The molecule has 4 heterocycles. The standard InChI is InChI=1S/C55H42N12OS6/c69-45-25-35(17-13-31(45)9-11-33-15-19-37(27-47(33)71)66-61-43-29-49(73)39-5-1-3-7-41(39)51(43)63-66)56-53-58-54(60-55(59-53)65-21-23-68-24-22-65)57-36-18-14-32(46(70)26-36)10-12-34-16-20-38(28-48(34)72)67-62-44-30-50(74)40-6-2-4-8-42(40)52(44)64-67/h1-20,25-30,69-74H,21-24H2,(H2,56,57,58,59,60). The fraction of sp³-hybridized carbons (Fsp3) is 0.0727. The van der Waals surface area contributed by atoms with E-state index in [0.29, 0.717) is 44.1 Å². The molecule has 1 aliphatic rings. The summed E-state index contributed by atoms with van der Waals surface area (Å²) in [7, 11) is 0. The molecule has 1 aliphatic heterocycles. The Hall–Kier alpha value is -6.97. The topological polar surface area (TPSA) is 137 Å². The first-order valence-electron chi connectivity index (χ1n) is 23.3. The zero-order chi connectivity index (χ0) is 50.5. The number of nitrogens with one attached hydrogen (secondary N) is 2. The summed E-state index contributed by atoms with van der Waals surface area (Å²) in [6, 6.07) is 43.7. The molecule has 11 aromatic rings. The number of nitrogens with zero attached hydrogens (tertiary/aromatic N) is 10. The zero-order valence-electron chi connectivity index (χ0n) is 38.9. The fourth-order valence-electron chi connectivity index (χ4n) is 8.80. The van der Waals surface area contributed by atoms with Crippen molar-refractivity contribution in [1.82, 2.24) is 44.9 Å². The van der Waals surface area contributed by atoms with Crippen LogP contribution in [-0.4, -0.2) is 71.2 Å². The Morgan fingerprint density at radius 3 is 1.24 bits per heavy atom. The van der Waals surface area contributed by atoms with Crippen molar-refractivity contribution in [1.29, 1.82) is 0 Å². The Labute approximate surface area is 457 Å². The van der Waals surface area contributed by atoms with Gasteiger partial charge in [-0.05, 0) is 93.7 Å². The highest BCUT2D eigenvalue weighted by molar-refractivity contribution is 7.81. The number of ether oxygens (including phenoxy) is 1. The molecule has 19 heteroatoms. The summed E-state index contributed by atoms with van der Waals surface area (Å²) < 4.78 is 5.63. The van der Waals surface area contributed by atoms with Crippen molar-refractivity contribution in [3.05, 3.63) is 156 Å². The molecule has 0 atom stereocenters. The first-order chi connectivity index (χ1) is 36.1. The van der Waals surface area contributed by atoms with Gasteiger partial charge < -0.3 is 20.3 Å². The van der Waals surface area contributed by atoms with E-state index in [4.69, 9.17) is 90.6 Å². The molecule has 0 aliphatic carbocycles. The van der Waals surface area contributed by atoms with Crippen LogP contribution in [0.1, 0.15) is 22.3 Å². The maximum absolute atomic E-state index is 5.63. The van der Waals surface area contributed by atoms with E-state index in [9.17, 15) is 0 Å². The Morgan fingerprint density at radius 1 is 0.419 bits per heavy atom. The number of rotatable bonds is 11. The Kier molecular flexibility index (Phi) is 13.2. The van der Waals surface area contributed by atoms with E-state index in [0.717, 1.165) is 118 Å². The average Bonchev–Trinajstić information content (AvgIpc) is 4.05. The molecule has 0 spiro atoms. The van der Waals surface area contributed by atoms with Crippen LogP contribution in [0.4, 0.5) is 29.2 Å². The molecule has 0 amide bonds. The summed E-state index contributed by atoms with van der Waals surface area (Å²) in [5, 5.41) is 30.0. The van der Waals surface area contributed by atoms with Gasteiger partial charge in [-0.1, -0.05) is 97.1 Å². The van der Waals surface area contributed by atoms with Crippen LogP contribution in [0.3, 0.4) is 0 Å². The van der Waals surface area contributed by atoms with Crippen LogP contribution in [0.15, 0.2) is 163 Å². The molecule has 0 saturated carbocycles. The average molecular weight is 1080 g/mol. The third kappa shape index (κ3) is 9.79. The smallest absolute Gasteiger partial charge is 0.233 e. The largest absolute Gasteiger partial charge is 0.378 e. The van der Waals surface area contributed by atoms with Gasteiger partial charge in [0.2, 0.25) is 17.8 Å². The quantitative estimate of drug-likeness (QED) is 0.0464. The minimum Gasteiger partial charge on any atom is -0.378 e. The minimum absolute atomic E-state index is 0.370. The molecule has 2 N–H and O–H groups in total. The van der Waals surface area contributed by atoms with Gasteiger partial charge >= 0.3 is 0 Å². The summed E-state index contributed by atoms with van der Waals surface area (Å²) in [4.78, 5) is 24.6. The van der Waals surface area contributed by atoms with Gasteiger partial charge in [-0.2, -0.15) is 24.5 Å². The van der Waals surface area contributed by atoms with Gasteiger partial charge in [-0.3, -0.25) is 0 Å². The number of morpholine rings is 1. The monoisotopic (exact) mass is 1080 g/mol. The predicted octanol–water partition coefficient (Wildman–Crippen LogP) is 13.0. The molecule has 364 valence electrons. The normalized spacial score (nSPS) is 13.1. The van der Waals surface area contributed by atoms with Crippen LogP contribution in [0.5, 0.6) is 0 Å².